The molecule has 0 aliphatic rings. The summed E-state index contributed by atoms with van der Waals surface area (Å²) in [6, 6.07) is 7.63. The number of carbonyl (C=O) groups excluding carboxylic acids is 1. The van der Waals surface area contributed by atoms with Crippen LogP contribution in [0.4, 0.5) is 14.5 Å². The van der Waals surface area contributed by atoms with Gasteiger partial charge in [-0.05, 0) is 36.8 Å². The van der Waals surface area contributed by atoms with Gasteiger partial charge < -0.3 is 5.32 Å². The van der Waals surface area contributed by atoms with E-state index >= 15 is 0 Å². The van der Waals surface area contributed by atoms with Crippen molar-refractivity contribution in [2.24, 2.45) is 0 Å². The van der Waals surface area contributed by atoms with E-state index in [1.165, 1.54) is 4.57 Å². The first-order chi connectivity index (χ1) is 13.4. The zero-order chi connectivity index (χ0) is 20.3. The van der Waals surface area contributed by atoms with Gasteiger partial charge in [0.1, 0.15) is 11.6 Å². The summed E-state index contributed by atoms with van der Waals surface area (Å²) in [6.07, 6.45) is 0.703. The van der Waals surface area contributed by atoms with Gasteiger partial charge in [-0.15, -0.1) is 0 Å². The summed E-state index contributed by atoms with van der Waals surface area (Å²) < 4.78 is 28.4. The molecule has 1 amide bonds. The maximum atomic E-state index is 13.7. The quantitative estimate of drug-likeness (QED) is 0.469. The van der Waals surface area contributed by atoms with Crippen molar-refractivity contribution >= 4 is 45.9 Å². The number of hydrogen-bond donors (Lipinski definition) is 1. The van der Waals surface area contributed by atoms with E-state index in [2.05, 4.69) is 10.3 Å². The molecular weight excluding hydrogens is 408 g/mol. The molecule has 0 fully saturated rings. The summed E-state index contributed by atoms with van der Waals surface area (Å²) in [4.78, 5) is 29.4. The molecule has 0 radical (unpaired) electrons. The van der Waals surface area contributed by atoms with Crippen molar-refractivity contribution in [3.63, 3.8) is 0 Å². The summed E-state index contributed by atoms with van der Waals surface area (Å²) in [7, 11) is 0. The molecular formula is C19H16ClF2N3O2S. The van der Waals surface area contributed by atoms with Crippen molar-refractivity contribution in [1.82, 2.24) is 9.55 Å². The lowest BCUT2D eigenvalue weighted by Gasteiger charge is -2.12. The summed E-state index contributed by atoms with van der Waals surface area (Å²) in [6.45, 7) is 2.36. The van der Waals surface area contributed by atoms with Crippen LogP contribution < -0.4 is 10.9 Å². The van der Waals surface area contributed by atoms with Gasteiger partial charge in [-0.25, -0.2) is 13.8 Å². The first-order valence-electron chi connectivity index (χ1n) is 8.47. The third-order valence-corrected chi connectivity index (χ3v) is 5.08. The molecule has 1 N–H and O–H groups in total. The number of nitrogens with zero attached hydrogens (tertiary/aromatic N) is 2. The Bertz CT molecular complexity index is 1100. The number of nitrogens with one attached hydrogen (secondary N) is 1. The fourth-order valence-electron chi connectivity index (χ4n) is 2.61. The van der Waals surface area contributed by atoms with Crippen molar-refractivity contribution < 1.29 is 13.6 Å². The maximum Gasteiger partial charge on any atom is 0.262 e. The van der Waals surface area contributed by atoms with E-state index in [1.54, 1.807) is 18.2 Å². The van der Waals surface area contributed by atoms with Crippen molar-refractivity contribution in [2.75, 3.05) is 11.1 Å². The van der Waals surface area contributed by atoms with E-state index in [9.17, 15) is 18.4 Å². The van der Waals surface area contributed by atoms with Crippen LogP contribution in [0.15, 0.2) is 46.3 Å². The van der Waals surface area contributed by atoms with E-state index in [1.807, 2.05) is 6.92 Å². The second kappa shape index (κ2) is 8.70. The zero-order valence-electron chi connectivity index (χ0n) is 14.8. The molecule has 1 aromatic heterocycles. The monoisotopic (exact) mass is 423 g/mol. The molecule has 0 saturated carbocycles. The van der Waals surface area contributed by atoms with E-state index < -0.39 is 17.5 Å². The van der Waals surface area contributed by atoms with Gasteiger partial charge >= 0.3 is 0 Å². The van der Waals surface area contributed by atoms with Crippen LogP contribution in [0.2, 0.25) is 5.02 Å². The van der Waals surface area contributed by atoms with Gasteiger partial charge in [0.2, 0.25) is 5.91 Å². The molecule has 1 heterocycles. The highest BCUT2D eigenvalue weighted by Crippen LogP contribution is 2.22. The number of halogens is 3. The number of hydrogen-bond acceptors (Lipinski definition) is 4. The van der Waals surface area contributed by atoms with Crippen LogP contribution in [0.25, 0.3) is 10.9 Å². The molecule has 0 spiro atoms. The standard InChI is InChI=1S/C19H16ClF2N3O2S/c1-2-7-25-18(27)13-5-3-11(20)8-15(13)24-19(25)28-10-17(26)23-16-9-12(21)4-6-14(16)22/h3-6,8-9H,2,7,10H2,1H3,(H,23,26). The third kappa shape index (κ3) is 4.51. The first-order valence-corrected chi connectivity index (χ1v) is 9.83. The minimum atomic E-state index is -0.735. The predicted molar refractivity (Wildman–Crippen MR) is 107 cm³/mol. The normalized spacial score (nSPS) is 11.0. The van der Waals surface area contributed by atoms with Crippen LogP contribution in [0.5, 0.6) is 0 Å². The average Bonchev–Trinajstić information content (AvgIpc) is 2.65. The van der Waals surface area contributed by atoms with E-state index in [4.69, 9.17) is 11.6 Å². The SMILES string of the molecule is CCCn1c(SCC(=O)Nc2cc(F)ccc2F)nc2cc(Cl)ccc2c1=O. The van der Waals surface area contributed by atoms with Gasteiger partial charge in [-0.2, -0.15) is 0 Å². The Morgan fingerprint density at radius 1 is 1.25 bits per heavy atom. The topological polar surface area (TPSA) is 64.0 Å². The van der Waals surface area contributed by atoms with Gasteiger partial charge in [-0.3, -0.25) is 14.2 Å². The molecule has 3 aromatic rings. The molecule has 146 valence electrons. The lowest BCUT2D eigenvalue weighted by molar-refractivity contribution is -0.113. The Labute approximate surface area is 168 Å². The highest BCUT2D eigenvalue weighted by Gasteiger charge is 2.14. The van der Waals surface area contributed by atoms with Crippen LogP contribution in [0.3, 0.4) is 0 Å². The highest BCUT2D eigenvalue weighted by molar-refractivity contribution is 7.99. The Morgan fingerprint density at radius 3 is 2.79 bits per heavy atom. The minimum absolute atomic E-state index is 0.127. The minimum Gasteiger partial charge on any atom is -0.323 e. The van der Waals surface area contributed by atoms with Crippen LogP contribution in [-0.2, 0) is 11.3 Å². The fraction of sp³-hybridized carbons (Fsp3) is 0.211. The largest absolute Gasteiger partial charge is 0.323 e. The highest BCUT2D eigenvalue weighted by atomic mass is 35.5. The van der Waals surface area contributed by atoms with E-state index in [-0.39, 0.29) is 17.0 Å². The van der Waals surface area contributed by atoms with Crippen LogP contribution in [0.1, 0.15) is 13.3 Å². The van der Waals surface area contributed by atoms with Crippen LogP contribution in [-0.4, -0.2) is 21.2 Å². The summed E-state index contributed by atoms with van der Waals surface area (Å²) in [5.41, 5.74) is -0.0265. The van der Waals surface area contributed by atoms with Gasteiger partial charge in [0, 0.05) is 17.6 Å². The Balaban J connectivity index is 1.84. The number of fused-ring (bicyclic) bond motifs is 1. The van der Waals surface area contributed by atoms with Gasteiger partial charge in [0.05, 0.1) is 22.3 Å². The number of anilines is 1. The number of amides is 1. The van der Waals surface area contributed by atoms with Crippen molar-refractivity contribution in [1.29, 1.82) is 0 Å². The number of aromatic nitrogens is 2. The molecule has 0 aliphatic carbocycles. The maximum absolute atomic E-state index is 13.7. The van der Waals surface area contributed by atoms with Gasteiger partial charge in [0.15, 0.2) is 5.16 Å². The molecule has 0 atom stereocenters. The molecule has 2 aromatic carbocycles. The first kappa shape index (κ1) is 20.3. The Kier molecular flexibility index (Phi) is 6.31. The summed E-state index contributed by atoms with van der Waals surface area (Å²) >= 11 is 7.02. The van der Waals surface area contributed by atoms with E-state index in [0.29, 0.717) is 34.0 Å². The number of benzene rings is 2. The molecule has 9 heteroatoms. The number of thioether (sulfide) groups is 1. The number of rotatable bonds is 6. The molecule has 3 rings (SSSR count). The second-order valence-corrected chi connectivity index (χ2v) is 7.35. The molecule has 0 saturated heterocycles. The number of carbonyl (C=O) groups is 1. The Morgan fingerprint density at radius 2 is 2.04 bits per heavy atom. The van der Waals surface area contributed by atoms with Gasteiger partial charge in [-0.1, -0.05) is 30.3 Å². The zero-order valence-corrected chi connectivity index (χ0v) is 16.4. The van der Waals surface area contributed by atoms with Gasteiger partial charge in [0.25, 0.3) is 5.56 Å². The van der Waals surface area contributed by atoms with Crippen LogP contribution >= 0.6 is 23.4 Å². The summed E-state index contributed by atoms with van der Waals surface area (Å²) in [5, 5.41) is 3.57. The molecule has 0 unspecified atom stereocenters. The second-order valence-electron chi connectivity index (χ2n) is 5.97. The smallest absolute Gasteiger partial charge is 0.262 e. The predicted octanol–water partition coefficient (Wildman–Crippen LogP) is 4.47. The third-order valence-electron chi connectivity index (χ3n) is 3.86. The van der Waals surface area contributed by atoms with Crippen molar-refractivity contribution in [3.05, 3.63) is 63.4 Å². The average molecular weight is 424 g/mol. The fourth-order valence-corrected chi connectivity index (χ4v) is 3.61. The lowest BCUT2D eigenvalue weighted by atomic mass is 10.2. The van der Waals surface area contributed by atoms with Crippen molar-refractivity contribution in [3.8, 4) is 0 Å². The summed E-state index contributed by atoms with van der Waals surface area (Å²) in [5.74, 6) is -2.06. The van der Waals surface area contributed by atoms with E-state index in [0.717, 1.165) is 30.0 Å². The molecule has 0 bridgehead atoms. The molecule has 0 aliphatic heterocycles. The van der Waals surface area contributed by atoms with Crippen LogP contribution in [0, 0.1) is 11.6 Å². The lowest BCUT2D eigenvalue weighted by Crippen LogP contribution is -2.24. The Hall–Kier alpha value is -2.45. The van der Waals surface area contributed by atoms with Crippen molar-refractivity contribution in [2.45, 2.75) is 25.0 Å². The molecule has 28 heavy (non-hydrogen) atoms. The molecule has 5 nitrogen and oxygen atoms in total.